The van der Waals surface area contributed by atoms with Crippen LogP contribution in [0.3, 0.4) is 0 Å². The van der Waals surface area contributed by atoms with Crippen molar-refractivity contribution in [3.05, 3.63) is 59.0 Å². The molecule has 1 N–H and O–H groups in total. The van der Waals surface area contributed by atoms with Crippen molar-refractivity contribution in [1.82, 2.24) is 25.2 Å². The first-order valence-corrected chi connectivity index (χ1v) is 8.32. The number of aromatic nitrogens is 4. The Morgan fingerprint density at radius 2 is 2.00 bits per heavy atom. The summed E-state index contributed by atoms with van der Waals surface area (Å²) in [5.74, 6) is 2.14. The SMILES string of the molecule is Cc1cc(C)n(-c2ccc(Cc3nc(CC4CNC4)no3)cc2)n1. The molecule has 0 spiro atoms. The Morgan fingerprint density at radius 3 is 2.62 bits per heavy atom. The molecule has 0 radical (unpaired) electrons. The highest BCUT2D eigenvalue weighted by Gasteiger charge is 2.20. The Labute approximate surface area is 140 Å². The van der Waals surface area contributed by atoms with Crippen molar-refractivity contribution in [3.63, 3.8) is 0 Å². The molecule has 6 nitrogen and oxygen atoms in total. The second-order valence-corrected chi connectivity index (χ2v) is 6.51. The Morgan fingerprint density at radius 1 is 1.21 bits per heavy atom. The standard InChI is InChI=1S/C18H21N5O/c1-12-7-13(2)23(21-12)16-5-3-14(4-6-16)9-18-20-17(22-24-18)8-15-10-19-11-15/h3-7,15,19H,8-11H2,1-2H3. The van der Waals surface area contributed by atoms with E-state index in [1.165, 1.54) is 0 Å². The topological polar surface area (TPSA) is 68.8 Å². The summed E-state index contributed by atoms with van der Waals surface area (Å²) in [6, 6.07) is 10.4. The third kappa shape index (κ3) is 3.10. The van der Waals surface area contributed by atoms with E-state index in [1.54, 1.807) is 0 Å². The van der Waals surface area contributed by atoms with E-state index in [9.17, 15) is 0 Å². The summed E-state index contributed by atoms with van der Waals surface area (Å²) < 4.78 is 7.33. The fraction of sp³-hybridized carbons (Fsp3) is 0.389. The van der Waals surface area contributed by atoms with E-state index >= 15 is 0 Å². The third-order valence-corrected chi connectivity index (χ3v) is 4.39. The summed E-state index contributed by atoms with van der Waals surface area (Å²) in [6.07, 6.45) is 1.56. The molecule has 1 aromatic carbocycles. The van der Waals surface area contributed by atoms with E-state index in [0.29, 0.717) is 18.2 Å². The van der Waals surface area contributed by atoms with Gasteiger partial charge in [-0.1, -0.05) is 17.3 Å². The van der Waals surface area contributed by atoms with Gasteiger partial charge < -0.3 is 9.84 Å². The van der Waals surface area contributed by atoms with Crippen LogP contribution in [0.25, 0.3) is 5.69 Å². The minimum Gasteiger partial charge on any atom is -0.339 e. The number of rotatable bonds is 5. The van der Waals surface area contributed by atoms with Crippen molar-refractivity contribution in [2.24, 2.45) is 5.92 Å². The van der Waals surface area contributed by atoms with E-state index in [-0.39, 0.29) is 0 Å². The Balaban J connectivity index is 1.44. The molecule has 0 unspecified atom stereocenters. The molecule has 0 bridgehead atoms. The van der Waals surface area contributed by atoms with E-state index in [4.69, 9.17) is 4.52 Å². The number of nitrogens with one attached hydrogen (secondary N) is 1. The van der Waals surface area contributed by atoms with Crippen molar-refractivity contribution < 1.29 is 4.52 Å². The van der Waals surface area contributed by atoms with Gasteiger partial charge in [-0.2, -0.15) is 10.1 Å². The molecule has 0 amide bonds. The van der Waals surface area contributed by atoms with E-state index in [1.807, 2.05) is 11.6 Å². The number of nitrogens with zero attached hydrogens (tertiary/aromatic N) is 4. The van der Waals surface area contributed by atoms with Gasteiger partial charge in [0.1, 0.15) is 0 Å². The van der Waals surface area contributed by atoms with Gasteiger partial charge in [-0.3, -0.25) is 0 Å². The highest BCUT2D eigenvalue weighted by molar-refractivity contribution is 5.36. The number of hydrogen-bond donors (Lipinski definition) is 1. The number of benzene rings is 1. The second kappa shape index (κ2) is 6.20. The van der Waals surface area contributed by atoms with Gasteiger partial charge in [0.25, 0.3) is 0 Å². The van der Waals surface area contributed by atoms with Gasteiger partial charge in [0.15, 0.2) is 5.82 Å². The van der Waals surface area contributed by atoms with Crippen molar-refractivity contribution in [2.45, 2.75) is 26.7 Å². The van der Waals surface area contributed by atoms with Gasteiger partial charge in [0.05, 0.1) is 17.8 Å². The second-order valence-electron chi connectivity index (χ2n) is 6.51. The summed E-state index contributed by atoms with van der Waals surface area (Å²) in [6.45, 7) is 6.17. The smallest absolute Gasteiger partial charge is 0.231 e. The highest BCUT2D eigenvalue weighted by Crippen LogP contribution is 2.16. The molecule has 1 aliphatic rings. The summed E-state index contributed by atoms with van der Waals surface area (Å²) in [5.41, 5.74) is 4.37. The lowest BCUT2D eigenvalue weighted by atomic mass is 9.99. The summed E-state index contributed by atoms with van der Waals surface area (Å²) >= 11 is 0. The van der Waals surface area contributed by atoms with Gasteiger partial charge in [0.2, 0.25) is 5.89 Å². The van der Waals surface area contributed by atoms with Crippen LogP contribution < -0.4 is 5.32 Å². The molecule has 0 aliphatic carbocycles. The normalized spacial score (nSPS) is 14.8. The number of hydrogen-bond acceptors (Lipinski definition) is 5. The molecule has 6 heteroatoms. The fourth-order valence-electron chi connectivity index (χ4n) is 3.02. The minimum absolute atomic E-state index is 0.649. The molecule has 1 saturated heterocycles. The van der Waals surface area contributed by atoms with Crippen LogP contribution in [-0.2, 0) is 12.8 Å². The summed E-state index contributed by atoms with van der Waals surface area (Å²) in [7, 11) is 0. The predicted octanol–water partition coefficient (Wildman–Crippen LogP) is 2.22. The van der Waals surface area contributed by atoms with Gasteiger partial charge >= 0.3 is 0 Å². The molecular formula is C18H21N5O. The van der Waals surface area contributed by atoms with Gasteiger partial charge in [-0.05, 0) is 56.6 Å². The van der Waals surface area contributed by atoms with Crippen molar-refractivity contribution in [3.8, 4) is 5.69 Å². The summed E-state index contributed by atoms with van der Waals surface area (Å²) in [4.78, 5) is 4.50. The van der Waals surface area contributed by atoms with Gasteiger partial charge in [-0.25, -0.2) is 4.68 Å². The molecule has 4 rings (SSSR count). The summed E-state index contributed by atoms with van der Waals surface area (Å²) in [5, 5.41) is 11.9. The Hall–Kier alpha value is -2.47. The molecule has 3 heterocycles. The molecular weight excluding hydrogens is 302 g/mol. The highest BCUT2D eigenvalue weighted by atomic mass is 16.5. The van der Waals surface area contributed by atoms with Crippen LogP contribution >= 0.6 is 0 Å². The average molecular weight is 323 g/mol. The molecule has 0 saturated carbocycles. The van der Waals surface area contributed by atoms with Crippen LogP contribution in [0.2, 0.25) is 0 Å². The largest absolute Gasteiger partial charge is 0.339 e. The van der Waals surface area contributed by atoms with E-state index in [2.05, 4.69) is 57.8 Å². The van der Waals surface area contributed by atoms with Crippen LogP contribution in [-0.4, -0.2) is 33.0 Å². The zero-order chi connectivity index (χ0) is 16.5. The van der Waals surface area contributed by atoms with E-state index in [0.717, 1.165) is 48.0 Å². The first-order valence-electron chi connectivity index (χ1n) is 8.32. The fourth-order valence-corrected chi connectivity index (χ4v) is 3.02. The van der Waals surface area contributed by atoms with E-state index < -0.39 is 0 Å². The molecule has 0 atom stereocenters. The van der Waals surface area contributed by atoms with Gasteiger partial charge in [-0.15, -0.1) is 0 Å². The maximum absolute atomic E-state index is 5.38. The zero-order valence-electron chi connectivity index (χ0n) is 14.0. The van der Waals surface area contributed by atoms with Crippen LogP contribution in [0, 0.1) is 19.8 Å². The first-order chi connectivity index (χ1) is 11.7. The quantitative estimate of drug-likeness (QED) is 0.780. The first kappa shape index (κ1) is 15.1. The lowest BCUT2D eigenvalue weighted by molar-refractivity contribution is 0.330. The molecule has 3 aromatic rings. The lowest BCUT2D eigenvalue weighted by Crippen LogP contribution is -2.43. The Bertz CT molecular complexity index is 829. The Kier molecular flexibility index (Phi) is 3.90. The maximum Gasteiger partial charge on any atom is 0.231 e. The minimum atomic E-state index is 0.649. The van der Waals surface area contributed by atoms with Crippen molar-refractivity contribution in [2.75, 3.05) is 13.1 Å². The van der Waals surface area contributed by atoms with Crippen LogP contribution in [0.15, 0.2) is 34.9 Å². The predicted molar refractivity (Wildman–Crippen MR) is 90.2 cm³/mol. The van der Waals surface area contributed by atoms with Crippen LogP contribution in [0.4, 0.5) is 0 Å². The molecule has 24 heavy (non-hydrogen) atoms. The van der Waals surface area contributed by atoms with Crippen molar-refractivity contribution in [1.29, 1.82) is 0 Å². The third-order valence-electron chi connectivity index (χ3n) is 4.39. The van der Waals surface area contributed by atoms with Crippen LogP contribution in [0.1, 0.15) is 28.7 Å². The maximum atomic E-state index is 5.38. The van der Waals surface area contributed by atoms with Crippen LogP contribution in [0.5, 0.6) is 0 Å². The lowest BCUT2D eigenvalue weighted by Gasteiger charge is -2.25. The molecule has 2 aromatic heterocycles. The monoisotopic (exact) mass is 323 g/mol. The molecule has 1 fully saturated rings. The number of aryl methyl sites for hydroxylation is 2. The molecule has 124 valence electrons. The average Bonchev–Trinajstić information content (AvgIpc) is 3.10. The van der Waals surface area contributed by atoms with Crippen molar-refractivity contribution >= 4 is 0 Å². The molecule has 1 aliphatic heterocycles. The zero-order valence-corrected chi connectivity index (χ0v) is 14.0. The van der Waals surface area contributed by atoms with Gasteiger partial charge in [0, 0.05) is 12.1 Å².